The highest BCUT2D eigenvalue weighted by atomic mass is 32.1. The van der Waals surface area contributed by atoms with E-state index in [1.165, 1.54) is 25.7 Å². The van der Waals surface area contributed by atoms with Crippen molar-refractivity contribution in [3.8, 4) is 0 Å². The van der Waals surface area contributed by atoms with E-state index in [0.29, 0.717) is 5.75 Å². The number of carbonyl (C=O) groups excluding carboxylic acids is 1. The first-order valence-electron chi connectivity index (χ1n) is 5.19. The summed E-state index contributed by atoms with van der Waals surface area (Å²) in [5.41, 5.74) is 0. The van der Waals surface area contributed by atoms with Gasteiger partial charge in [0.25, 0.3) is 0 Å². The van der Waals surface area contributed by atoms with Crippen LogP contribution in [0.3, 0.4) is 0 Å². The maximum Gasteiger partial charge on any atom is 0.229 e. The van der Waals surface area contributed by atoms with Gasteiger partial charge in [-0.1, -0.05) is 0 Å². The highest BCUT2D eigenvalue weighted by molar-refractivity contribution is 7.81. The zero-order valence-corrected chi connectivity index (χ0v) is 8.72. The predicted molar refractivity (Wildman–Crippen MR) is 55.8 cm³/mol. The quantitative estimate of drug-likeness (QED) is 0.645. The van der Waals surface area contributed by atoms with E-state index in [0.717, 1.165) is 24.3 Å². The Morgan fingerprint density at radius 3 is 2.23 bits per heavy atom. The van der Waals surface area contributed by atoms with E-state index < -0.39 is 0 Å². The van der Waals surface area contributed by atoms with E-state index in [1.807, 2.05) is 0 Å². The van der Waals surface area contributed by atoms with Crippen molar-refractivity contribution in [2.45, 2.75) is 25.7 Å². The van der Waals surface area contributed by atoms with Gasteiger partial charge in [-0.25, -0.2) is 0 Å². The van der Waals surface area contributed by atoms with Gasteiger partial charge in [0.05, 0.1) is 5.75 Å². The van der Waals surface area contributed by atoms with Crippen LogP contribution in [-0.4, -0.2) is 18.2 Å². The van der Waals surface area contributed by atoms with Crippen LogP contribution in [0.1, 0.15) is 25.7 Å². The second-order valence-corrected chi connectivity index (χ2v) is 4.62. The van der Waals surface area contributed by atoms with Crippen LogP contribution in [0.25, 0.3) is 0 Å². The summed E-state index contributed by atoms with van der Waals surface area (Å²) in [6, 6.07) is 0. The molecule has 2 rings (SSSR count). The molecule has 74 valence electrons. The SMILES string of the molecule is O=C(CS)NCC(C1CC1)C1CC1. The molecule has 0 radical (unpaired) electrons. The third-order valence-corrected chi connectivity index (χ3v) is 3.42. The van der Waals surface area contributed by atoms with Crippen LogP contribution < -0.4 is 5.32 Å². The molecule has 3 heteroatoms. The molecule has 0 aromatic rings. The summed E-state index contributed by atoms with van der Waals surface area (Å²) < 4.78 is 0. The summed E-state index contributed by atoms with van der Waals surface area (Å²) >= 11 is 3.94. The largest absolute Gasteiger partial charge is 0.355 e. The Kier molecular flexibility index (Phi) is 2.82. The molecule has 0 aromatic heterocycles. The van der Waals surface area contributed by atoms with Gasteiger partial charge in [-0.2, -0.15) is 12.6 Å². The van der Waals surface area contributed by atoms with Gasteiger partial charge >= 0.3 is 0 Å². The molecule has 0 saturated heterocycles. The predicted octanol–water partition coefficient (Wildman–Crippen LogP) is 1.47. The van der Waals surface area contributed by atoms with Crippen LogP contribution in [0.4, 0.5) is 0 Å². The molecular weight excluding hydrogens is 182 g/mol. The molecule has 0 atom stereocenters. The lowest BCUT2D eigenvalue weighted by atomic mass is 9.98. The lowest BCUT2D eigenvalue weighted by molar-refractivity contribution is -0.118. The topological polar surface area (TPSA) is 29.1 Å². The molecule has 0 aromatic carbocycles. The summed E-state index contributed by atoms with van der Waals surface area (Å²) in [6.45, 7) is 0.898. The summed E-state index contributed by atoms with van der Waals surface area (Å²) in [4.78, 5) is 11.0. The van der Waals surface area contributed by atoms with Gasteiger partial charge in [0, 0.05) is 6.54 Å². The fourth-order valence-corrected chi connectivity index (χ4v) is 2.17. The number of thiol groups is 1. The summed E-state index contributed by atoms with van der Waals surface area (Å²) in [5.74, 6) is 3.03. The fourth-order valence-electron chi connectivity index (χ4n) is 2.05. The second-order valence-electron chi connectivity index (χ2n) is 4.30. The third kappa shape index (κ3) is 2.63. The number of rotatable bonds is 5. The molecule has 0 heterocycles. The van der Waals surface area contributed by atoms with Gasteiger partial charge in [-0.05, 0) is 43.4 Å². The van der Waals surface area contributed by atoms with Crippen LogP contribution in [0.5, 0.6) is 0 Å². The van der Waals surface area contributed by atoms with E-state index in [9.17, 15) is 4.79 Å². The van der Waals surface area contributed by atoms with Gasteiger partial charge in [-0.15, -0.1) is 0 Å². The van der Waals surface area contributed by atoms with Gasteiger partial charge < -0.3 is 5.32 Å². The van der Waals surface area contributed by atoms with Crippen LogP contribution in [-0.2, 0) is 4.79 Å². The van der Waals surface area contributed by atoms with Crippen LogP contribution in [0.2, 0.25) is 0 Å². The Balaban J connectivity index is 1.73. The number of nitrogens with one attached hydrogen (secondary N) is 1. The van der Waals surface area contributed by atoms with Crippen molar-refractivity contribution in [3.63, 3.8) is 0 Å². The van der Waals surface area contributed by atoms with E-state index in [-0.39, 0.29) is 5.91 Å². The molecule has 0 bridgehead atoms. The van der Waals surface area contributed by atoms with Gasteiger partial charge in [0.2, 0.25) is 5.91 Å². The van der Waals surface area contributed by atoms with Crippen molar-refractivity contribution >= 4 is 18.5 Å². The first-order chi connectivity index (χ1) is 6.31. The number of hydrogen-bond acceptors (Lipinski definition) is 2. The highest BCUT2D eigenvalue weighted by Gasteiger charge is 2.41. The van der Waals surface area contributed by atoms with Crippen molar-refractivity contribution in [2.24, 2.45) is 17.8 Å². The molecule has 13 heavy (non-hydrogen) atoms. The Hall–Kier alpha value is -0.180. The van der Waals surface area contributed by atoms with Crippen molar-refractivity contribution in [1.82, 2.24) is 5.32 Å². The Morgan fingerprint density at radius 1 is 1.31 bits per heavy atom. The lowest BCUT2D eigenvalue weighted by Crippen LogP contribution is -2.31. The summed E-state index contributed by atoms with van der Waals surface area (Å²) in [7, 11) is 0. The van der Waals surface area contributed by atoms with E-state index in [2.05, 4.69) is 17.9 Å². The number of hydrogen-bond donors (Lipinski definition) is 2. The molecule has 2 nitrogen and oxygen atoms in total. The van der Waals surface area contributed by atoms with Crippen LogP contribution >= 0.6 is 12.6 Å². The van der Waals surface area contributed by atoms with E-state index in [4.69, 9.17) is 0 Å². The lowest BCUT2D eigenvalue weighted by Gasteiger charge is -2.15. The Morgan fingerprint density at radius 2 is 1.85 bits per heavy atom. The maximum absolute atomic E-state index is 11.0. The Bertz CT molecular complexity index is 187. The molecule has 0 aliphatic heterocycles. The third-order valence-electron chi connectivity index (χ3n) is 3.13. The van der Waals surface area contributed by atoms with Crippen molar-refractivity contribution in [2.75, 3.05) is 12.3 Å². The molecule has 0 spiro atoms. The fraction of sp³-hybridized carbons (Fsp3) is 0.900. The smallest absolute Gasteiger partial charge is 0.229 e. The number of amides is 1. The minimum atomic E-state index is 0.0784. The molecule has 1 amide bonds. The zero-order valence-electron chi connectivity index (χ0n) is 7.83. The summed E-state index contributed by atoms with van der Waals surface area (Å²) in [6.07, 6.45) is 5.55. The molecule has 0 unspecified atom stereocenters. The highest BCUT2D eigenvalue weighted by Crippen LogP contribution is 2.48. The van der Waals surface area contributed by atoms with Gasteiger partial charge in [-0.3, -0.25) is 4.79 Å². The molecule has 1 N–H and O–H groups in total. The molecular formula is C10H17NOS. The minimum absolute atomic E-state index is 0.0784. The first-order valence-corrected chi connectivity index (χ1v) is 5.82. The molecule has 2 saturated carbocycles. The monoisotopic (exact) mass is 199 g/mol. The normalized spacial score (nSPS) is 22.0. The van der Waals surface area contributed by atoms with Crippen LogP contribution in [0, 0.1) is 17.8 Å². The number of carbonyl (C=O) groups is 1. The average molecular weight is 199 g/mol. The Labute approximate surface area is 84.9 Å². The van der Waals surface area contributed by atoms with Crippen LogP contribution in [0.15, 0.2) is 0 Å². The average Bonchev–Trinajstić information content (AvgIpc) is 2.98. The molecule has 2 fully saturated rings. The maximum atomic E-state index is 11.0. The zero-order chi connectivity index (χ0) is 9.26. The van der Waals surface area contributed by atoms with Crippen molar-refractivity contribution in [3.05, 3.63) is 0 Å². The molecule has 2 aliphatic carbocycles. The molecule has 2 aliphatic rings. The van der Waals surface area contributed by atoms with E-state index >= 15 is 0 Å². The van der Waals surface area contributed by atoms with E-state index in [1.54, 1.807) is 0 Å². The van der Waals surface area contributed by atoms with Crippen molar-refractivity contribution in [1.29, 1.82) is 0 Å². The van der Waals surface area contributed by atoms with Crippen molar-refractivity contribution < 1.29 is 4.79 Å². The summed E-state index contributed by atoms with van der Waals surface area (Å²) in [5, 5.41) is 2.96. The second kappa shape index (κ2) is 3.91. The van der Waals surface area contributed by atoms with Gasteiger partial charge in [0.15, 0.2) is 0 Å². The standard InChI is InChI=1S/C10H17NOS/c12-10(6-13)11-5-9(7-1-2-7)8-3-4-8/h7-9,13H,1-6H2,(H,11,12). The first kappa shape index (κ1) is 9.38. The minimum Gasteiger partial charge on any atom is -0.355 e. The van der Waals surface area contributed by atoms with Gasteiger partial charge in [0.1, 0.15) is 0 Å².